The van der Waals surface area contributed by atoms with Crippen LogP contribution < -0.4 is 4.74 Å². The minimum atomic E-state index is 0.401. The van der Waals surface area contributed by atoms with Gasteiger partial charge >= 0.3 is 0 Å². The molecule has 0 bridgehead atoms. The monoisotopic (exact) mass is 436 g/mol. The molecule has 0 fully saturated rings. The lowest BCUT2D eigenvalue weighted by Gasteiger charge is -2.08. The van der Waals surface area contributed by atoms with E-state index >= 15 is 0 Å². The van der Waals surface area contributed by atoms with Crippen molar-refractivity contribution in [2.24, 2.45) is 0 Å². The predicted molar refractivity (Wildman–Crippen MR) is 123 cm³/mol. The fourth-order valence-electron chi connectivity index (χ4n) is 3.08. The molecule has 0 saturated carbocycles. The predicted octanol–water partition coefficient (Wildman–Crippen LogP) is 5.91. The van der Waals surface area contributed by atoms with Gasteiger partial charge in [-0.1, -0.05) is 53.7 Å². The number of benzene rings is 2. The summed E-state index contributed by atoms with van der Waals surface area (Å²) in [6.07, 6.45) is 0. The van der Waals surface area contributed by atoms with E-state index in [0.717, 1.165) is 39.7 Å². The molecule has 4 aromatic rings. The van der Waals surface area contributed by atoms with E-state index in [-0.39, 0.29) is 0 Å². The number of rotatable bonds is 8. The fraction of sp³-hybridized carbons (Fsp3) is 0.261. The van der Waals surface area contributed by atoms with Gasteiger partial charge in [0.15, 0.2) is 11.0 Å². The number of thioether (sulfide) groups is 1. The second kappa shape index (κ2) is 9.45. The van der Waals surface area contributed by atoms with Gasteiger partial charge in [0.25, 0.3) is 0 Å². The highest BCUT2D eigenvalue weighted by atomic mass is 32.2. The standard InChI is InChI=1S/C23H24N4OS2/c1-4-27-21(13-28-19-11-9-16(2)10-12-19)25-26-23(27)30-15-18-14-29-22(24-18)20-8-6-5-7-17(20)3/h5-12,14H,4,13,15H2,1-3H3. The summed E-state index contributed by atoms with van der Waals surface area (Å²) in [4.78, 5) is 4.82. The van der Waals surface area contributed by atoms with Crippen LogP contribution in [-0.2, 0) is 18.9 Å². The van der Waals surface area contributed by atoms with Crippen LogP contribution in [0.1, 0.15) is 29.6 Å². The number of hydrogen-bond acceptors (Lipinski definition) is 6. The molecule has 0 radical (unpaired) electrons. The number of aryl methyl sites for hydroxylation is 2. The molecule has 2 heterocycles. The Labute approximate surface area is 185 Å². The van der Waals surface area contributed by atoms with Gasteiger partial charge in [-0.2, -0.15) is 0 Å². The van der Waals surface area contributed by atoms with Crippen molar-refractivity contribution < 1.29 is 4.74 Å². The van der Waals surface area contributed by atoms with Crippen molar-refractivity contribution in [3.63, 3.8) is 0 Å². The van der Waals surface area contributed by atoms with Crippen molar-refractivity contribution in [1.29, 1.82) is 0 Å². The maximum Gasteiger partial charge on any atom is 0.191 e. The molecule has 4 rings (SSSR count). The van der Waals surface area contributed by atoms with Crippen molar-refractivity contribution in [1.82, 2.24) is 19.7 Å². The molecule has 7 heteroatoms. The lowest BCUT2D eigenvalue weighted by atomic mass is 10.1. The molecule has 2 aromatic heterocycles. The summed E-state index contributed by atoms with van der Waals surface area (Å²) in [7, 11) is 0. The van der Waals surface area contributed by atoms with Crippen molar-refractivity contribution in [2.45, 2.75) is 44.8 Å². The van der Waals surface area contributed by atoms with Gasteiger partial charge in [-0.25, -0.2) is 4.98 Å². The summed E-state index contributed by atoms with van der Waals surface area (Å²) in [5.74, 6) is 2.44. The van der Waals surface area contributed by atoms with Gasteiger partial charge in [0.2, 0.25) is 0 Å². The first-order chi connectivity index (χ1) is 14.6. The SMILES string of the molecule is CCn1c(COc2ccc(C)cc2)nnc1SCc1csc(-c2ccccc2C)n1. The lowest BCUT2D eigenvalue weighted by Crippen LogP contribution is -2.07. The van der Waals surface area contributed by atoms with Crippen molar-refractivity contribution in [3.8, 4) is 16.3 Å². The third-order valence-electron chi connectivity index (χ3n) is 4.77. The average Bonchev–Trinajstić information content (AvgIpc) is 3.38. The Morgan fingerprint density at radius 2 is 1.83 bits per heavy atom. The van der Waals surface area contributed by atoms with Crippen LogP contribution in [0.3, 0.4) is 0 Å². The van der Waals surface area contributed by atoms with Gasteiger partial charge in [0, 0.05) is 23.2 Å². The highest BCUT2D eigenvalue weighted by Gasteiger charge is 2.14. The maximum absolute atomic E-state index is 5.89. The topological polar surface area (TPSA) is 52.8 Å². The van der Waals surface area contributed by atoms with E-state index in [9.17, 15) is 0 Å². The molecule has 2 aromatic carbocycles. The highest BCUT2D eigenvalue weighted by molar-refractivity contribution is 7.98. The molecule has 0 aliphatic rings. The van der Waals surface area contributed by atoms with Crippen LogP contribution in [0.5, 0.6) is 5.75 Å². The zero-order valence-corrected chi connectivity index (χ0v) is 19.0. The second-order valence-electron chi connectivity index (χ2n) is 6.99. The van der Waals surface area contributed by atoms with Crippen LogP contribution in [0, 0.1) is 13.8 Å². The van der Waals surface area contributed by atoms with Crippen LogP contribution in [-0.4, -0.2) is 19.7 Å². The molecule has 0 spiro atoms. The van der Waals surface area contributed by atoms with Gasteiger partial charge in [-0.3, -0.25) is 0 Å². The quantitative estimate of drug-likeness (QED) is 0.321. The maximum atomic E-state index is 5.89. The number of thiazole rings is 1. The normalized spacial score (nSPS) is 11.0. The van der Waals surface area contributed by atoms with E-state index in [1.165, 1.54) is 16.7 Å². The summed E-state index contributed by atoms with van der Waals surface area (Å²) < 4.78 is 7.99. The molecule has 0 amide bonds. The fourth-order valence-corrected chi connectivity index (χ4v) is 5.01. The summed E-state index contributed by atoms with van der Waals surface area (Å²) in [5.41, 5.74) is 4.72. The van der Waals surface area contributed by atoms with Crippen LogP contribution >= 0.6 is 23.1 Å². The van der Waals surface area contributed by atoms with Crippen LogP contribution in [0.25, 0.3) is 10.6 Å². The van der Waals surface area contributed by atoms with Gasteiger partial charge in [-0.15, -0.1) is 21.5 Å². The molecule has 0 N–H and O–H groups in total. The van der Waals surface area contributed by atoms with Gasteiger partial charge < -0.3 is 9.30 Å². The van der Waals surface area contributed by atoms with E-state index in [1.807, 2.05) is 24.3 Å². The van der Waals surface area contributed by atoms with Gasteiger partial charge in [0.05, 0.1) is 5.69 Å². The van der Waals surface area contributed by atoms with E-state index < -0.39 is 0 Å². The van der Waals surface area contributed by atoms with E-state index in [1.54, 1.807) is 23.1 Å². The molecule has 0 aliphatic heterocycles. The van der Waals surface area contributed by atoms with E-state index in [4.69, 9.17) is 9.72 Å². The Kier molecular flexibility index (Phi) is 6.50. The van der Waals surface area contributed by atoms with E-state index in [2.05, 4.69) is 65.2 Å². The Hall–Kier alpha value is -2.64. The molecule has 0 unspecified atom stereocenters. The third kappa shape index (κ3) is 4.74. The Morgan fingerprint density at radius 3 is 2.60 bits per heavy atom. The summed E-state index contributed by atoms with van der Waals surface area (Å²) >= 11 is 3.35. The zero-order valence-electron chi connectivity index (χ0n) is 17.3. The van der Waals surface area contributed by atoms with E-state index in [0.29, 0.717) is 6.61 Å². The largest absolute Gasteiger partial charge is 0.486 e. The molecular formula is C23H24N4OS2. The third-order valence-corrected chi connectivity index (χ3v) is 6.70. The van der Waals surface area contributed by atoms with Crippen molar-refractivity contribution in [2.75, 3.05) is 0 Å². The Bertz CT molecular complexity index is 1120. The van der Waals surface area contributed by atoms with Crippen LogP contribution in [0.15, 0.2) is 59.1 Å². The minimum absolute atomic E-state index is 0.401. The molecule has 30 heavy (non-hydrogen) atoms. The van der Waals surface area contributed by atoms with Crippen LogP contribution in [0.2, 0.25) is 0 Å². The lowest BCUT2D eigenvalue weighted by molar-refractivity contribution is 0.288. The van der Waals surface area contributed by atoms with Crippen molar-refractivity contribution in [3.05, 3.63) is 76.6 Å². The molecule has 0 saturated heterocycles. The number of aromatic nitrogens is 4. The Balaban J connectivity index is 1.40. The minimum Gasteiger partial charge on any atom is -0.486 e. The first-order valence-electron chi connectivity index (χ1n) is 9.88. The van der Waals surface area contributed by atoms with Gasteiger partial charge in [0.1, 0.15) is 17.4 Å². The molecule has 0 atom stereocenters. The van der Waals surface area contributed by atoms with Gasteiger partial charge in [-0.05, 0) is 38.5 Å². The smallest absolute Gasteiger partial charge is 0.191 e. The molecule has 154 valence electrons. The average molecular weight is 437 g/mol. The van der Waals surface area contributed by atoms with Crippen LogP contribution in [0.4, 0.5) is 0 Å². The Morgan fingerprint density at radius 1 is 1.03 bits per heavy atom. The first-order valence-corrected chi connectivity index (χ1v) is 11.8. The second-order valence-corrected chi connectivity index (χ2v) is 8.79. The number of ether oxygens (including phenoxy) is 1. The zero-order chi connectivity index (χ0) is 20.9. The summed E-state index contributed by atoms with van der Waals surface area (Å²) in [5, 5.41) is 12.8. The molecular weight excluding hydrogens is 412 g/mol. The summed E-state index contributed by atoms with van der Waals surface area (Å²) in [6.45, 7) is 7.48. The molecule has 0 aliphatic carbocycles. The number of hydrogen-bond donors (Lipinski definition) is 0. The highest BCUT2D eigenvalue weighted by Crippen LogP contribution is 2.29. The summed E-state index contributed by atoms with van der Waals surface area (Å²) in [6, 6.07) is 16.4. The number of nitrogens with zero attached hydrogens (tertiary/aromatic N) is 4. The first kappa shape index (κ1) is 20.6. The van der Waals surface area contributed by atoms with Crippen molar-refractivity contribution >= 4 is 23.1 Å². The molecule has 5 nitrogen and oxygen atoms in total.